The molecule has 0 bridgehead atoms. The van der Waals surface area contributed by atoms with Crippen molar-refractivity contribution in [1.29, 1.82) is 0 Å². The van der Waals surface area contributed by atoms with Crippen molar-refractivity contribution in [3.05, 3.63) is 29.3 Å². The highest BCUT2D eigenvalue weighted by atomic mass is 35.5. The third-order valence-electron chi connectivity index (χ3n) is 2.05. The molecule has 0 amide bonds. The van der Waals surface area contributed by atoms with Gasteiger partial charge >= 0.3 is 0 Å². The second kappa shape index (κ2) is 5.01. The Bertz CT molecular complexity index is 334. The van der Waals surface area contributed by atoms with Crippen LogP contribution in [-0.4, -0.2) is 18.8 Å². The number of aryl methyl sites for hydroxylation is 1. The number of rotatable bonds is 4. The van der Waals surface area contributed by atoms with Crippen LogP contribution in [0, 0.1) is 6.92 Å². The molecule has 0 saturated heterocycles. The van der Waals surface area contributed by atoms with Crippen molar-refractivity contribution in [2.45, 2.75) is 13.3 Å². The Balaban J connectivity index is 3.10. The minimum Gasteiger partial charge on any atom is -0.496 e. The molecular formula is C11H13ClO2. The highest BCUT2D eigenvalue weighted by Crippen LogP contribution is 2.23. The van der Waals surface area contributed by atoms with Crippen molar-refractivity contribution in [3.63, 3.8) is 0 Å². The van der Waals surface area contributed by atoms with E-state index in [2.05, 4.69) is 0 Å². The maximum Gasteiger partial charge on any atom is 0.168 e. The molecule has 0 unspecified atom stereocenters. The lowest BCUT2D eigenvalue weighted by atomic mass is 10.0. The molecule has 0 atom stereocenters. The van der Waals surface area contributed by atoms with Gasteiger partial charge in [-0.2, -0.15) is 0 Å². The number of carbonyl (C=O) groups is 1. The molecule has 2 nitrogen and oxygen atoms in total. The van der Waals surface area contributed by atoms with Gasteiger partial charge in [-0.3, -0.25) is 4.79 Å². The molecule has 0 N–H and O–H groups in total. The summed E-state index contributed by atoms with van der Waals surface area (Å²) in [5.41, 5.74) is 1.58. The molecule has 0 aliphatic carbocycles. The largest absolute Gasteiger partial charge is 0.496 e. The van der Waals surface area contributed by atoms with Crippen LogP contribution in [-0.2, 0) is 0 Å². The number of ether oxygens (including phenoxy) is 1. The van der Waals surface area contributed by atoms with Gasteiger partial charge in [0.2, 0.25) is 0 Å². The van der Waals surface area contributed by atoms with E-state index in [0.717, 1.165) is 5.56 Å². The molecule has 1 aromatic rings. The van der Waals surface area contributed by atoms with Crippen LogP contribution in [0.3, 0.4) is 0 Å². The van der Waals surface area contributed by atoms with Crippen LogP contribution in [0.1, 0.15) is 22.3 Å². The van der Waals surface area contributed by atoms with Crippen molar-refractivity contribution in [1.82, 2.24) is 0 Å². The lowest BCUT2D eigenvalue weighted by Gasteiger charge is -2.09. The van der Waals surface area contributed by atoms with Crippen LogP contribution in [0.4, 0.5) is 0 Å². The number of benzene rings is 1. The number of hydrogen-bond donors (Lipinski definition) is 0. The summed E-state index contributed by atoms with van der Waals surface area (Å²) in [4.78, 5) is 11.7. The Morgan fingerprint density at radius 3 is 2.79 bits per heavy atom. The molecule has 1 aromatic carbocycles. The Morgan fingerprint density at radius 2 is 2.21 bits per heavy atom. The van der Waals surface area contributed by atoms with Gasteiger partial charge in [0, 0.05) is 12.3 Å². The zero-order valence-corrected chi connectivity index (χ0v) is 9.10. The molecule has 0 heterocycles. The number of methoxy groups -OCH3 is 1. The first-order chi connectivity index (χ1) is 6.70. The second-order valence-electron chi connectivity index (χ2n) is 3.01. The van der Waals surface area contributed by atoms with Gasteiger partial charge in [-0.25, -0.2) is 0 Å². The van der Waals surface area contributed by atoms with E-state index in [4.69, 9.17) is 16.3 Å². The van der Waals surface area contributed by atoms with Crippen LogP contribution >= 0.6 is 11.6 Å². The van der Waals surface area contributed by atoms with Gasteiger partial charge in [-0.05, 0) is 18.6 Å². The van der Waals surface area contributed by atoms with E-state index >= 15 is 0 Å². The fraction of sp³-hybridized carbons (Fsp3) is 0.364. The van der Waals surface area contributed by atoms with Gasteiger partial charge in [0.1, 0.15) is 5.75 Å². The standard InChI is InChI=1S/C11H13ClO2/c1-8-4-3-5-10(14-2)11(8)9(13)6-7-12/h3-5H,6-7H2,1-2H3. The van der Waals surface area contributed by atoms with Crippen molar-refractivity contribution < 1.29 is 9.53 Å². The number of hydrogen-bond acceptors (Lipinski definition) is 2. The zero-order chi connectivity index (χ0) is 10.6. The Kier molecular flexibility index (Phi) is 3.96. The normalized spacial score (nSPS) is 9.93. The van der Waals surface area contributed by atoms with Crippen molar-refractivity contribution in [3.8, 4) is 5.75 Å². The monoisotopic (exact) mass is 212 g/mol. The SMILES string of the molecule is COc1cccc(C)c1C(=O)CCCl. The van der Waals surface area contributed by atoms with E-state index in [1.54, 1.807) is 13.2 Å². The van der Waals surface area contributed by atoms with Gasteiger partial charge in [-0.15, -0.1) is 11.6 Å². The van der Waals surface area contributed by atoms with Crippen molar-refractivity contribution in [2.75, 3.05) is 13.0 Å². The fourth-order valence-corrected chi connectivity index (χ4v) is 1.55. The lowest BCUT2D eigenvalue weighted by molar-refractivity contribution is 0.0985. The van der Waals surface area contributed by atoms with Crippen molar-refractivity contribution in [2.24, 2.45) is 0 Å². The Morgan fingerprint density at radius 1 is 1.50 bits per heavy atom. The molecule has 0 fully saturated rings. The van der Waals surface area contributed by atoms with E-state index in [9.17, 15) is 4.79 Å². The van der Waals surface area contributed by atoms with Gasteiger partial charge in [-0.1, -0.05) is 12.1 Å². The van der Waals surface area contributed by atoms with Gasteiger partial charge in [0.25, 0.3) is 0 Å². The summed E-state index contributed by atoms with van der Waals surface area (Å²) < 4.78 is 5.13. The Hall–Kier alpha value is -1.02. The molecule has 0 aliphatic heterocycles. The smallest absolute Gasteiger partial charge is 0.168 e. The molecule has 0 radical (unpaired) electrons. The maximum atomic E-state index is 11.7. The topological polar surface area (TPSA) is 26.3 Å². The molecule has 76 valence electrons. The predicted molar refractivity (Wildman–Crippen MR) is 57.4 cm³/mol. The first-order valence-electron chi connectivity index (χ1n) is 4.43. The molecule has 0 saturated carbocycles. The van der Waals surface area contributed by atoms with E-state index in [0.29, 0.717) is 23.6 Å². The number of ketones is 1. The summed E-state index contributed by atoms with van der Waals surface area (Å²) in [7, 11) is 1.56. The maximum absolute atomic E-state index is 11.7. The molecule has 0 aliphatic rings. The highest BCUT2D eigenvalue weighted by molar-refractivity contribution is 6.19. The fourth-order valence-electron chi connectivity index (χ4n) is 1.38. The number of halogens is 1. The number of alkyl halides is 1. The van der Waals surface area contributed by atoms with E-state index < -0.39 is 0 Å². The van der Waals surface area contributed by atoms with E-state index in [-0.39, 0.29) is 5.78 Å². The first kappa shape index (κ1) is 11.1. The summed E-state index contributed by atoms with van der Waals surface area (Å²) in [5, 5.41) is 0. The van der Waals surface area contributed by atoms with Crippen LogP contribution in [0.25, 0.3) is 0 Å². The highest BCUT2D eigenvalue weighted by Gasteiger charge is 2.13. The van der Waals surface area contributed by atoms with Crippen LogP contribution in [0.2, 0.25) is 0 Å². The quantitative estimate of drug-likeness (QED) is 0.567. The van der Waals surface area contributed by atoms with Gasteiger partial charge in [0.05, 0.1) is 12.7 Å². The molecule has 0 spiro atoms. The van der Waals surface area contributed by atoms with Crippen LogP contribution < -0.4 is 4.74 Å². The second-order valence-corrected chi connectivity index (χ2v) is 3.39. The summed E-state index contributed by atoms with van der Waals surface area (Å²) >= 11 is 5.53. The molecule has 3 heteroatoms. The molecule has 1 rings (SSSR count). The Labute approximate surface area is 88.8 Å². The first-order valence-corrected chi connectivity index (χ1v) is 4.97. The van der Waals surface area contributed by atoms with Crippen LogP contribution in [0.5, 0.6) is 5.75 Å². The number of Topliss-reactive ketones (excluding diaryl/α,β-unsaturated/α-hetero) is 1. The summed E-state index contributed by atoms with van der Waals surface area (Å²) in [6, 6.07) is 5.55. The molecule has 0 aromatic heterocycles. The van der Waals surface area contributed by atoms with Crippen molar-refractivity contribution >= 4 is 17.4 Å². The lowest BCUT2D eigenvalue weighted by Crippen LogP contribution is -2.05. The molecule has 14 heavy (non-hydrogen) atoms. The summed E-state index contributed by atoms with van der Waals surface area (Å²) in [6.07, 6.45) is 0.350. The number of carbonyl (C=O) groups excluding carboxylic acids is 1. The average molecular weight is 213 g/mol. The third kappa shape index (κ3) is 2.26. The summed E-state index contributed by atoms with van der Waals surface area (Å²) in [5.74, 6) is 1.01. The average Bonchev–Trinajstić information content (AvgIpc) is 2.17. The zero-order valence-electron chi connectivity index (χ0n) is 8.34. The van der Waals surface area contributed by atoms with Gasteiger partial charge < -0.3 is 4.74 Å². The van der Waals surface area contributed by atoms with E-state index in [1.807, 2.05) is 19.1 Å². The van der Waals surface area contributed by atoms with Crippen LogP contribution in [0.15, 0.2) is 18.2 Å². The third-order valence-corrected chi connectivity index (χ3v) is 2.24. The predicted octanol–water partition coefficient (Wildman–Crippen LogP) is 2.82. The van der Waals surface area contributed by atoms with Gasteiger partial charge in [0.15, 0.2) is 5.78 Å². The van der Waals surface area contributed by atoms with E-state index in [1.165, 1.54) is 0 Å². The minimum absolute atomic E-state index is 0.0370. The molecular weight excluding hydrogens is 200 g/mol. The summed E-state index contributed by atoms with van der Waals surface area (Å²) in [6.45, 7) is 1.89. The minimum atomic E-state index is 0.0370.